The molecule has 0 aliphatic heterocycles. The Bertz CT molecular complexity index is 275. The molecule has 0 fully saturated rings. The Balaban J connectivity index is 3.01. The number of nitrogens with zero attached hydrogens (tertiary/aromatic N) is 1. The van der Waals surface area contributed by atoms with E-state index in [0.717, 1.165) is 5.69 Å². The molecule has 0 radical (unpaired) electrons. The Morgan fingerprint density at radius 3 is 2.50 bits per heavy atom. The van der Waals surface area contributed by atoms with Crippen LogP contribution in [0.5, 0.6) is 0 Å². The topological polar surface area (TPSA) is 3.24 Å². The molecule has 0 N–H and O–H groups in total. The molecule has 1 nitrogen and oxygen atoms in total. The van der Waals surface area contributed by atoms with Gasteiger partial charge in [0.1, 0.15) is 0 Å². The molecular formula is C8H8Cl3N. The molecule has 0 aliphatic rings. The van der Waals surface area contributed by atoms with E-state index in [1.807, 2.05) is 18.0 Å². The van der Waals surface area contributed by atoms with E-state index in [-0.39, 0.29) is 0 Å². The second-order valence-electron chi connectivity index (χ2n) is 2.41. The fourth-order valence-corrected chi connectivity index (χ4v) is 1.54. The van der Waals surface area contributed by atoms with E-state index < -0.39 is 0 Å². The number of alkyl halides is 1. The van der Waals surface area contributed by atoms with Gasteiger partial charge in [0.25, 0.3) is 0 Å². The Morgan fingerprint density at radius 1 is 1.33 bits per heavy atom. The number of halogens is 3. The lowest BCUT2D eigenvalue weighted by Gasteiger charge is -2.16. The molecule has 66 valence electrons. The summed E-state index contributed by atoms with van der Waals surface area (Å²) in [5, 5.41) is 1.25. The maximum absolute atomic E-state index is 5.92. The van der Waals surface area contributed by atoms with Crippen LogP contribution in [0.15, 0.2) is 18.2 Å². The summed E-state index contributed by atoms with van der Waals surface area (Å²) in [6.45, 7) is 0. The molecule has 0 aromatic heterocycles. The van der Waals surface area contributed by atoms with Gasteiger partial charge in [0.2, 0.25) is 0 Å². The van der Waals surface area contributed by atoms with Crippen LogP contribution in [0.4, 0.5) is 5.69 Å². The molecular weight excluding hydrogens is 216 g/mol. The highest BCUT2D eigenvalue weighted by molar-refractivity contribution is 6.36. The zero-order valence-corrected chi connectivity index (χ0v) is 8.79. The van der Waals surface area contributed by atoms with Gasteiger partial charge in [-0.1, -0.05) is 23.2 Å². The third-order valence-corrected chi connectivity index (χ3v) is 2.40. The second-order valence-corrected chi connectivity index (χ2v) is 3.50. The van der Waals surface area contributed by atoms with Gasteiger partial charge in [-0.2, -0.15) is 0 Å². The van der Waals surface area contributed by atoms with Gasteiger partial charge in [-0.15, -0.1) is 11.6 Å². The quantitative estimate of drug-likeness (QED) is 0.548. The number of hydrogen-bond donors (Lipinski definition) is 0. The summed E-state index contributed by atoms with van der Waals surface area (Å²) in [6.07, 6.45) is 0. The van der Waals surface area contributed by atoms with Crippen molar-refractivity contribution in [3.8, 4) is 0 Å². The first-order chi connectivity index (χ1) is 5.65. The van der Waals surface area contributed by atoms with E-state index in [4.69, 9.17) is 34.8 Å². The molecule has 0 saturated carbocycles. The molecule has 0 unspecified atom stereocenters. The van der Waals surface area contributed by atoms with E-state index in [1.165, 1.54) is 0 Å². The second kappa shape index (κ2) is 4.22. The van der Waals surface area contributed by atoms with Gasteiger partial charge in [0, 0.05) is 12.1 Å². The summed E-state index contributed by atoms with van der Waals surface area (Å²) in [4.78, 5) is 1.83. The van der Waals surface area contributed by atoms with Gasteiger partial charge in [-0.05, 0) is 18.2 Å². The molecule has 0 amide bonds. The molecule has 1 rings (SSSR count). The van der Waals surface area contributed by atoms with Crippen molar-refractivity contribution in [1.82, 2.24) is 0 Å². The van der Waals surface area contributed by atoms with Crippen LogP contribution in [-0.2, 0) is 0 Å². The Morgan fingerprint density at radius 2 is 2.00 bits per heavy atom. The summed E-state index contributed by atoms with van der Waals surface area (Å²) in [7, 11) is 1.86. The van der Waals surface area contributed by atoms with Crippen LogP contribution in [0.25, 0.3) is 0 Å². The van der Waals surface area contributed by atoms with Gasteiger partial charge in [0.15, 0.2) is 0 Å². The number of hydrogen-bond acceptors (Lipinski definition) is 1. The summed E-state index contributed by atoms with van der Waals surface area (Å²) in [5.74, 6) is 0. The molecule has 0 atom stereocenters. The normalized spacial score (nSPS) is 10.0. The standard InChI is InChI=1S/C8H8Cl3N/c1-12(5-9)8-3-2-6(10)4-7(8)11/h2-4H,5H2,1H3. The van der Waals surface area contributed by atoms with Gasteiger partial charge < -0.3 is 4.90 Å². The lowest BCUT2D eigenvalue weighted by atomic mass is 10.3. The average Bonchev–Trinajstić information content (AvgIpc) is 2.03. The zero-order chi connectivity index (χ0) is 9.14. The van der Waals surface area contributed by atoms with Crippen LogP contribution >= 0.6 is 34.8 Å². The summed E-state index contributed by atoms with van der Waals surface area (Å²) >= 11 is 17.3. The van der Waals surface area contributed by atoms with Crippen LogP contribution < -0.4 is 4.90 Å². The minimum Gasteiger partial charge on any atom is -0.360 e. The van der Waals surface area contributed by atoms with Crippen molar-refractivity contribution >= 4 is 40.5 Å². The summed E-state index contributed by atoms with van der Waals surface area (Å²) in [5.41, 5.74) is 0.885. The SMILES string of the molecule is CN(CCl)c1ccc(Cl)cc1Cl. The van der Waals surface area contributed by atoms with Crippen LogP contribution in [0.2, 0.25) is 10.0 Å². The maximum Gasteiger partial charge on any atom is 0.0925 e. The highest BCUT2D eigenvalue weighted by Gasteiger charge is 2.04. The third kappa shape index (κ3) is 2.19. The van der Waals surface area contributed by atoms with Crippen LogP contribution in [0.3, 0.4) is 0 Å². The highest BCUT2D eigenvalue weighted by atomic mass is 35.5. The molecule has 0 heterocycles. The van der Waals surface area contributed by atoms with Crippen molar-refractivity contribution in [2.45, 2.75) is 0 Å². The minimum absolute atomic E-state index is 0.404. The lowest BCUT2D eigenvalue weighted by molar-refractivity contribution is 1.09. The maximum atomic E-state index is 5.92. The van der Waals surface area contributed by atoms with Crippen LogP contribution in [0, 0.1) is 0 Å². The smallest absolute Gasteiger partial charge is 0.0925 e. The Hall–Kier alpha value is -0.110. The molecule has 0 aliphatic carbocycles. The van der Waals surface area contributed by atoms with Crippen molar-refractivity contribution in [2.24, 2.45) is 0 Å². The molecule has 0 saturated heterocycles. The van der Waals surface area contributed by atoms with Gasteiger partial charge in [0.05, 0.1) is 16.7 Å². The van der Waals surface area contributed by atoms with E-state index in [2.05, 4.69) is 0 Å². The van der Waals surface area contributed by atoms with Crippen molar-refractivity contribution in [1.29, 1.82) is 0 Å². The van der Waals surface area contributed by atoms with Crippen LogP contribution in [-0.4, -0.2) is 13.1 Å². The molecule has 1 aromatic carbocycles. The molecule has 4 heteroatoms. The van der Waals surface area contributed by atoms with Crippen LogP contribution in [0.1, 0.15) is 0 Å². The predicted molar refractivity (Wildman–Crippen MR) is 55.6 cm³/mol. The lowest BCUT2D eigenvalue weighted by Crippen LogP contribution is -2.14. The third-order valence-electron chi connectivity index (χ3n) is 1.50. The summed E-state index contributed by atoms with van der Waals surface area (Å²) in [6, 6.07) is 5.72. The average molecular weight is 225 g/mol. The number of anilines is 1. The fraction of sp³-hybridized carbons (Fsp3) is 0.250. The zero-order valence-electron chi connectivity index (χ0n) is 6.52. The van der Waals surface area contributed by atoms with E-state index in [1.54, 1.807) is 12.1 Å². The molecule has 0 spiro atoms. The monoisotopic (exact) mass is 223 g/mol. The minimum atomic E-state index is 0.404. The molecule has 0 bridgehead atoms. The van der Waals surface area contributed by atoms with Gasteiger partial charge in [-0.25, -0.2) is 0 Å². The largest absolute Gasteiger partial charge is 0.360 e. The van der Waals surface area contributed by atoms with Gasteiger partial charge in [-0.3, -0.25) is 0 Å². The summed E-state index contributed by atoms with van der Waals surface area (Å²) < 4.78 is 0. The van der Waals surface area contributed by atoms with E-state index >= 15 is 0 Å². The molecule has 12 heavy (non-hydrogen) atoms. The van der Waals surface area contributed by atoms with Gasteiger partial charge >= 0.3 is 0 Å². The first-order valence-corrected chi connectivity index (χ1v) is 4.66. The first kappa shape index (κ1) is 9.97. The van der Waals surface area contributed by atoms with E-state index in [0.29, 0.717) is 16.0 Å². The Kier molecular flexibility index (Phi) is 3.51. The van der Waals surface area contributed by atoms with Crippen molar-refractivity contribution < 1.29 is 0 Å². The van der Waals surface area contributed by atoms with Crippen molar-refractivity contribution in [3.63, 3.8) is 0 Å². The Labute approximate surface area is 86.8 Å². The van der Waals surface area contributed by atoms with Crippen molar-refractivity contribution in [3.05, 3.63) is 28.2 Å². The highest BCUT2D eigenvalue weighted by Crippen LogP contribution is 2.27. The number of benzene rings is 1. The fourth-order valence-electron chi connectivity index (χ4n) is 0.855. The van der Waals surface area contributed by atoms with E-state index in [9.17, 15) is 0 Å². The first-order valence-electron chi connectivity index (χ1n) is 3.37. The predicted octanol–water partition coefficient (Wildman–Crippen LogP) is 3.63. The number of rotatable bonds is 2. The molecule has 1 aromatic rings. The van der Waals surface area contributed by atoms with Crippen molar-refractivity contribution in [2.75, 3.05) is 18.0 Å².